The molecule has 2 aliphatic carbocycles. The summed E-state index contributed by atoms with van der Waals surface area (Å²) >= 11 is 0. The Labute approximate surface area is 156 Å². The summed E-state index contributed by atoms with van der Waals surface area (Å²) in [7, 11) is 1.83. The minimum Gasteiger partial charge on any atom is -0.490 e. The van der Waals surface area contributed by atoms with E-state index in [9.17, 15) is 0 Å². The Kier molecular flexibility index (Phi) is 4.82. The number of nitrogens with zero attached hydrogens (tertiary/aromatic N) is 1. The van der Waals surface area contributed by atoms with E-state index in [1.807, 2.05) is 13.1 Å². The summed E-state index contributed by atoms with van der Waals surface area (Å²) in [5, 5.41) is 7.11. The van der Waals surface area contributed by atoms with E-state index < -0.39 is 0 Å². The van der Waals surface area contributed by atoms with E-state index in [0.717, 1.165) is 24.7 Å². The Morgan fingerprint density at radius 1 is 1.27 bits per heavy atom. The van der Waals surface area contributed by atoms with Crippen molar-refractivity contribution in [3.8, 4) is 5.75 Å². The zero-order valence-corrected chi connectivity index (χ0v) is 16.1. The van der Waals surface area contributed by atoms with Crippen LogP contribution < -0.4 is 15.4 Å². The molecule has 0 amide bonds. The first kappa shape index (κ1) is 17.7. The molecule has 5 heteroatoms. The van der Waals surface area contributed by atoms with Gasteiger partial charge in [0.05, 0.1) is 12.2 Å². The highest BCUT2D eigenvalue weighted by Crippen LogP contribution is 2.52. The number of guanidine groups is 1. The van der Waals surface area contributed by atoms with E-state index in [-0.39, 0.29) is 5.41 Å². The highest BCUT2D eigenvalue weighted by atomic mass is 16.5. The average molecular weight is 357 g/mol. The third-order valence-corrected chi connectivity index (χ3v) is 6.38. The van der Waals surface area contributed by atoms with Crippen LogP contribution in [0.4, 0.5) is 0 Å². The molecule has 1 saturated heterocycles. The fourth-order valence-corrected chi connectivity index (χ4v) is 4.57. The van der Waals surface area contributed by atoms with Crippen LogP contribution in [0.5, 0.6) is 5.75 Å². The van der Waals surface area contributed by atoms with Gasteiger partial charge in [-0.3, -0.25) is 4.99 Å². The standard InChI is InChI=1S/C21H31N3O2/c1-21(2)18(16-11-12-25-19(16)21)24-20(22-3)23-13-14-7-4-5-10-17(14)26-15-8-6-9-15/h4-5,7,10,15-16,18-19H,6,8-9,11-13H2,1-3H3,(H2,22,23,24). The molecular weight excluding hydrogens is 326 g/mol. The Morgan fingerprint density at radius 2 is 2.08 bits per heavy atom. The van der Waals surface area contributed by atoms with Crippen LogP contribution in [0, 0.1) is 11.3 Å². The van der Waals surface area contributed by atoms with Crippen molar-refractivity contribution in [3.05, 3.63) is 29.8 Å². The van der Waals surface area contributed by atoms with Gasteiger partial charge in [0.1, 0.15) is 5.75 Å². The summed E-state index contributed by atoms with van der Waals surface area (Å²) < 4.78 is 12.0. The molecule has 1 aliphatic heterocycles. The Bertz CT molecular complexity index is 669. The van der Waals surface area contributed by atoms with Crippen LogP contribution in [0.1, 0.15) is 45.1 Å². The zero-order chi connectivity index (χ0) is 18.1. The molecular formula is C21H31N3O2. The lowest BCUT2D eigenvalue weighted by molar-refractivity contribution is -0.106. The molecule has 4 rings (SSSR count). The molecule has 1 heterocycles. The van der Waals surface area contributed by atoms with Crippen LogP contribution in [0.3, 0.4) is 0 Å². The average Bonchev–Trinajstić information content (AvgIpc) is 3.06. The van der Waals surface area contributed by atoms with E-state index >= 15 is 0 Å². The van der Waals surface area contributed by atoms with Gasteiger partial charge in [-0.1, -0.05) is 32.0 Å². The lowest BCUT2D eigenvalue weighted by atomic mass is 9.57. The van der Waals surface area contributed by atoms with Crippen LogP contribution in [0.25, 0.3) is 0 Å². The largest absolute Gasteiger partial charge is 0.490 e. The predicted molar refractivity (Wildman–Crippen MR) is 103 cm³/mol. The fraction of sp³-hybridized carbons (Fsp3) is 0.667. The second-order valence-corrected chi connectivity index (χ2v) is 8.39. The number of fused-ring (bicyclic) bond motifs is 1. The van der Waals surface area contributed by atoms with Crippen LogP contribution >= 0.6 is 0 Å². The van der Waals surface area contributed by atoms with Gasteiger partial charge in [0.2, 0.25) is 0 Å². The number of nitrogens with one attached hydrogen (secondary N) is 2. The summed E-state index contributed by atoms with van der Waals surface area (Å²) in [6.45, 7) is 6.16. The first-order valence-electron chi connectivity index (χ1n) is 9.93. The summed E-state index contributed by atoms with van der Waals surface area (Å²) in [6, 6.07) is 8.71. The minimum atomic E-state index is 0.143. The van der Waals surface area contributed by atoms with Crippen molar-refractivity contribution in [2.45, 2.75) is 64.3 Å². The second-order valence-electron chi connectivity index (χ2n) is 8.39. The molecule has 1 aromatic rings. The number of hydrogen-bond acceptors (Lipinski definition) is 3. The monoisotopic (exact) mass is 357 g/mol. The lowest BCUT2D eigenvalue weighted by Crippen LogP contribution is -2.67. The van der Waals surface area contributed by atoms with E-state index in [4.69, 9.17) is 9.47 Å². The number of benzene rings is 1. The summed E-state index contributed by atoms with van der Waals surface area (Å²) in [5.74, 6) is 2.44. The van der Waals surface area contributed by atoms with Crippen LogP contribution in [-0.4, -0.2) is 37.9 Å². The van der Waals surface area contributed by atoms with Gasteiger partial charge < -0.3 is 20.1 Å². The minimum absolute atomic E-state index is 0.143. The summed E-state index contributed by atoms with van der Waals surface area (Å²) in [4.78, 5) is 4.44. The van der Waals surface area contributed by atoms with Gasteiger partial charge >= 0.3 is 0 Å². The molecule has 5 nitrogen and oxygen atoms in total. The quantitative estimate of drug-likeness (QED) is 0.628. The number of rotatable bonds is 5. The molecule has 3 unspecified atom stereocenters. The molecule has 0 aromatic heterocycles. The van der Waals surface area contributed by atoms with Crippen molar-refractivity contribution >= 4 is 5.96 Å². The molecule has 142 valence electrons. The Hall–Kier alpha value is -1.75. The molecule has 3 fully saturated rings. The van der Waals surface area contributed by atoms with Gasteiger partial charge in [-0.05, 0) is 31.7 Å². The third-order valence-electron chi connectivity index (χ3n) is 6.38. The predicted octanol–water partition coefficient (Wildman–Crippen LogP) is 3.10. The SMILES string of the molecule is CN=C(NCc1ccccc1OC1CCC1)NC1C2CCOC2C1(C)C. The molecule has 0 bridgehead atoms. The van der Waals surface area contributed by atoms with Crippen LogP contribution in [0.2, 0.25) is 0 Å². The molecule has 3 aliphatic rings. The first-order valence-corrected chi connectivity index (χ1v) is 9.93. The maximum Gasteiger partial charge on any atom is 0.191 e. The van der Waals surface area contributed by atoms with E-state index in [1.165, 1.54) is 24.8 Å². The molecule has 0 radical (unpaired) electrons. The summed E-state index contributed by atoms with van der Waals surface area (Å²) in [6.07, 6.45) is 5.54. The number of para-hydroxylation sites is 1. The highest BCUT2D eigenvalue weighted by Gasteiger charge is 2.59. The van der Waals surface area contributed by atoms with Gasteiger partial charge in [-0.15, -0.1) is 0 Å². The molecule has 2 N–H and O–H groups in total. The van der Waals surface area contributed by atoms with Gasteiger partial charge in [-0.2, -0.15) is 0 Å². The molecule has 26 heavy (non-hydrogen) atoms. The smallest absolute Gasteiger partial charge is 0.191 e. The van der Waals surface area contributed by atoms with Crippen molar-refractivity contribution in [1.29, 1.82) is 0 Å². The first-order chi connectivity index (χ1) is 12.6. The zero-order valence-electron chi connectivity index (χ0n) is 16.1. The number of ether oxygens (including phenoxy) is 2. The van der Waals surface area contributed by atoms with Gasteiger partial charge in [0.25, 0.3) is 0 Å². The van der Waals surface area contributed by atoms with Crippen LogP contribution in [-0.2, 0) is 11.3 Å². The van der Waals surface area contributed by atoms with Gasteiger partial charge in [-0.25, -0.2) is 0 Å². The number of aliphatic imine (C=N–C) groups is 1. The Morgan fingerprint density at radius 3 is 2.81 bits per heavy atom. The molecule has 1 aromatic carbocycles. The van der Waals surface area contributed by atoms with E-state index in [0.29, 0.717) is 30.7 Å². The fourth-order valence-electron chi connectivity index (χ4n) is 4.57. The third kappa shape index (κ3) is 3.18. The van der Waals surface area contributed by atoms with Crippen molar-refractivity contribution in [1.82, 2.24) is 10.6 Å². The maximum atomic E-state index is 6.13. The normalized spacial score (nSPS) is 30.1. The van der Waals surface area contributed by atoms with Crippen molar-refractivity contribution in [2.75, 3.05) is 13.7 Å². The van der Waals surface area contributed by atoms with Crippen molar-refractivity contribution in [3.63, 3.8) is 0 Å². The topological polar surface area (TPSA) is 54.9 Å². The van der Waals surface area contributed by atoms with E-state index in [1.54, 1.807) is 0 Å². The molecule has 0 spiro atoms. The molecule has 3 atom stereocenters. The van der Waals surface area contributed by atoms with Gasteiger partial charge in [0, 0.05) is 43.1 Å². The van der Waals surface area contributed by atoms with Gasteiger partial charge in [0.15, 0.2) is 5.96 Å². The maximum absolute atomic E-state index is 6.13. The Balaban J connectivity index is 1.36. The lowest BCUT2D eigenvalue weighted by Gasteiger charge is -2.54. The number of hydrogen-bond donors (Lipinski definition) is 2. The summed E-state index contributed by atoms with van der Waals surface area (Å²) in [5.41, 5.74) is 1.32. The highest BCUT2D eigenvalue weighted by molar-refractivity contribution is 5.80. The van der Waals surface area contributed by atoms with E-state index in [2.05, 4.69) is 47.7 Å². The molecule has 2 saturated carbocycles. The van der Waals surface area contributed by atoms with Crippen molar-refractivity contribution < 1.29 is 9.47 Å². The second kappa shape index (κ2) is 7.10. The van der Waals surface area contributed by atoms with Crippen molar-refractivity contribution in [2.24, 2.45) is 16.3 Å². The van der Waals surface area contributed by atoms with Crippen LogP contribution in [0.15, 0.2) is 29.3 Å².